The number of nitrogens with zero attached hydrogens (tertiary/aromatic N) is 1. The van der Waals surface area contributed by atoms with Gasteiger partial charge in [-0.15, -0.1) is 11.3 Å². The monoisotopic (exact) mass is 280 g/mol. The van der Waals surface area contributed by atoms with Crippen molar-refractivity contribution in [3.63, 3.8) is 0 Å². The molecule has 2 heterocycles. The van der Waals surface area contributed by atoms with E-state index in [0.717, 1.165) is 6.42 Å². The molecule has 1 fully saturated rings. The Balaban J connectivity index is 2.07. The topological polar surface area (TPSA) is 49.4 Å². The van der Waals surface area contributed by atoms with Crippen LogP contribution in [-0.2, 0) is 9.59 Å². The lowest BCUT2D eigenvalue weighted by Crippen LogP contribution is -2.42. The van der Waals surface area contributed by atoms with Gasteiger partial charge in [0, 0.05) is 17.0 Å². The van der Waals surface area contributed by atoms with Gasteiger partial charge < -0.3 is 0 Å². The Hall–Kier alpha value is -1.20. The van der Waals surface area contributed by atoms with Gasteiger partial charge in [0.1, 0.15) is 0 Å². The summed E-state index contributed by atoms with van der Waals surface area (Å²) in [5.41, 5.74) is 0. The zero-order chi connectivity index (χ0) is 14.0. The van der Waals surface area contributed by atoms with Gasteiger partial charge in [0.25, 0.3) is 0 Å². The summed E-state index contributed by atoms with van der Waals surface area (Å²) in [6.07, 6.45) is 1.18. The fraction of sp³-hybridized carbons (Fsp3) is 0.571. The molecule has 0 bridgehead atoms. The number of imide groups is 1. The van der Waals surface area contributed by atoms with Gasteiger partial charge in [-0.25, -0.2) is 0 Å². The van der Waals surface area contributed by atoms with Gasteiger partial charge in [-0.2, -0.15) is 0 Å². The third-order valence-corrected chi connectivity index (χ3v) is 4.38. The van der Waals surface area contributed by atoms with Crippen molar-refractivity contribution in [1.82, 2.24) is 10.2 Å². The number of hydrogen-bond donors (Lipinski definition) is 1. The molecule has 2 amide bonds. The maximum absolute atomic E-state index is 12.2. The first-order chi connectivity index (χ1) is 9.04. The Morgan fingerprint density at radius 1 is 1.47 bits per heavy atom. The first-order valence-corrected chi connectivity index (χ1v) is 7.58. The SMILES string of the molecule is CCC(NC1CC(=O)N(C(C)C)C1=O)c1cccs1. The first-order valence-electron chi connectivity index (χ1n) is 6.70. The lowest BCUT2D eigenvalue weighted by Gasteiger charge is -2.22. The fourth-order valence-electron chi connectivity index (χ4n) is 2.46. The summed E-state index contributed by atoms with van der Waals surface area (Å²) in [7, 11) is 0. The highest BCUT2D eigenvalue weighted by Gasteiger charge is 2.40. The summed E-state index contributed by atoms with van der Waals surface area (Å²) >= 11 is 1.68. The van der Waals surface area contributed by atoms with E-state index >= 15 is 0 Å². The summed E-state index contributed by atoms with van der Waals surface area (Å²) in [5.74, 6) is -0.159. The summed E-state index contributed by atoms with van der Waals surface area (Å²) < 4.78 is 0. The summed E-state index contributed by atoms with van der Waals surface area (Å²) in [6.45, 7) is 5.82. The molecule has 104 valence electrons. The van der Waals surface area contributed by atoms with Crippen LogP contribution < -0.4 is 5.32 Å². The lowest BCUT2D eigenvalue weighted by molar-refractivity contribution is -0.140. The minimum absolute atomic E-state index is 0.0615. The van der Waals surface area contributed by atoms with E-state index < -0.39 is 0 Å². The van der Waals surface area contributed by atoms with E-state index in [-0.39, 0.29) is 36.4 Å². The Morgan fingerprint density at radius 2 is 2.21 bits per heavy atom. The molecule has 0 saturated carbocycles. The highest BCUT2D eigenvalue weighted by atomic mass is 32.1. The molecule has 19 heavy (non-hydrogen) atoms. The van der Waals surface area contributed by atoms with Crippen molar-refractivity contribution in [3.8, 4) is 0 Å². The van der Waals surface area contributed by atoms with Crippen LogP contribution >= 0.6 is 11.3 Å². The molecule has 2 unspecified atom stereocenters. The van der Waals surface area contributed by atoms with Gasteiger partial charge in [0.15, 0.2) is 0 Å². The maximum atomic E-state index is 12.2. The number of amides is 2. The van der Waals surface area contributed by atoms with Gasteiger partial charge in [0.05, 0.1) is 12.5 Å². The molecule has 0 radical (unpaired) electrons. The molecular formula is C14H20N2O2S. The van der Waals surface area contributed by atoms with Gasteiger partial charge >= 0.3 is 0 Å². The van der Waals surface area contributed by atoms with Gasteiger partial charge in [-0.05, 0) is 31.7 Å². The first kappa shape index (κ1) is 14.2. The third kappa shape index (κ3) is 2.87. The molecular weight excluding hydrogens is 260 g/mol. The largest absolute Gasteiger partial charge is 0.298 e. The van der Waals surface area contributed by atoms with Crippen LogP contribution in [0.15, 0.2) is 17.5 Å². The highest BCUT2D eigenvalue weighted by Crippen LogP contribution is 2.25. The number of nitrogens with one attached hydrogen (secondary N) is 1. The van der Waals surface area contributed by atoms with E-state index in [1.807, 2.05) is 25.3 Å². The Kier molecular flexibility index (Phi) is 4.37. The number of likely N-dealkylation sites (tertiary alicyclic amines) is 1. The zero-order valence-electron chi connectivity index (χ0n) is 11.6. The molecule has 1 aromatic heterocycles. The average molecular weight is 280 g/mol. The Bertz CT molecular complexity index is 456. The molecule has 2 atom stereocenters. The summed E-state index contributed by atoms with van der Waals surface area (Å²) in [6, 6.07) is 3.78. The lowest BCUT2D eigenvalue weighted by atomic mass is 10.1. The highest BCUT2D eigenvalue weighted by molar-refractivity contribution is 7.10. The van der Waals surface area contributed by atoms with Crippen molar-refractivity contribution in [3.05, 3.63) is 22.4 Å². The minimum Gasteiger partial charge on any atom is -0.298 e. The number of thiophene rings is 1. The van der Waals surface area contributed by atoms with Gasteiger partial charge in [0.2, 0.25) is 11.8 Å². The molecule has 1 aliphatic rings. The fourth-order valence-corrected chi connectivity index (χ4v) is 3.33. The quantitative estimate of drug-likeness (QED) is 0.842. The Labute approximate surface area is 117 Å². The number of carbonyl (C=O) groups is 2. The van der Waals surface area contributed by atoms with Crippen LogP contribution in [0.1, 0.15) is 44.5 Å². The minimum atomic E-state index is -0.373. The predicted molar refractivity (Wildman–Crippen MR) is 75.9 cm³/mol. The molecule has 4 nitrogen and oxygen atoms in total. The third-order valence-electron chi connectivity index (χ3n) is 3.40. The van der Waals surface area contributed by atoms with E-state index in [2.05, 4.69) is 18.3 Å². The van der Waals surface area contributed by atoms with Gasteiger partial charge in [-0.1, -0.05) is 13.0 Å². The predicted octanol–water partition coefficient (Wildman–Crippen LogP) is 2.32. The molecule has 1 aliphatic heterocycles. The Morgan fingerprint density at radius 3 is 2.68 bits per heavy atom. The molecule has 5 heteroatoms. The molecule has 0 spiro atoms. The van der Waals surface area contributed by atoms with Gasteiger partial charge in [-0.3, -0.25) is 19.8 Å². The van der Waals surface area contributed by atoms with Crippen LogP contribution in [0.25, 0.3) is 0 Å². The second-order valence-electron chi connectivity index (χ2n) is 5.10. The summed E-state index contributed by atoms with van der Waals surface area (Å²) in [5, 5.41) is 5.36. The van der Waals surface area contributed by atoms with Crippen molar-refractivity contribution >= 4 is 23.2 Å². The molecule has 1 N–H and O–H groups in total. The van der Waals surface area contributed by atoms with Crippen molar-refractivity contribution in [2.45, 2.75) is 51.7 Å². The van der Waals surface area contributed by atoms with Crippen molar-refractivity contribution < 1.29 is 9.59 Å². The van der Waals surface area contributed by atoms with Crippen LogP contribution in [0.2, 0.25) is 0 Å². The van der Waals surface area contributed by atoms with Crippen LogP contribution in [0.4, 0.5) is 0 Å². The smallest absolute Gasteiger partial charge is 0.247 e. The number of rotatable bonds is 5. The van der Waals surface area contributed by atoms with Crippen LogP contribution in [-0.4, -0.2) is 28.8 Å². The average Bonchev–Trinajstić information content (AvgIpc) is 2.95. The standard InChI is InChI=1S/C14H20N2O2S/c1-4-10(12-6-5-7-19-12)15-11-8-13(17)16(9(2)3)14(11)18/h5-7,9-11,15H,4,8H2,1-3H3. The number of carbonyl (C=O) groups excluding carboxylic acids is 2. The zero-order valence-corrected chi connectivity index (χ0v) is 12.4. The maximum Gasteiger partial charge on any atom is 0.247 e. The normalized spacial score (nSPS) is 21.5. The summed E-state index contributed by atoms with van der Waals surface area (Å²) in [4.78, 5) is 26.7. The van der Waals surface area contributed by atoms with Crippen molar-refractivity contribution in [2.24, 2.45) is 0 Å². The van der Waals surface area contributed by atoms with Crippen LogP contribution in [0.5, 0.6) is 0 Å². The number of hydrogen-bond acceptors (Lipinski definition) is 4. The second-order valence-corrected chi connectivity index (χ2v) is 6.07. The second kappa shape index (κ2) is 5.84. The van der Waals surface area contributed by atoms with Crippen LogP contribution in [0, 0.1) is 0 Å². The van der Waals surface area contributed by atoms with E-state index in [1.165, 1.54) is 9.78 Å². The van der Waals surface area contributed by atoms with E-state index in [0.29, 0.717) is 0 Å². The molecule has 2 rings (SSSR count). The molecule has 1 saturated heterocycles. The molecule has 0 aliphatic carbocycles. The van der Waals surface area contributed by atoms with Crippen molar-refractivity contribution in [1.29, 1.82) is 0 Å². The molecule has 1 aromatic rings. The van der Waals surface area contributed by atoms with E-state index in [9.17, 15) is 9.59 Å². The molecule has 0 aromatic carbocycles. The van der Waals surface area contributed by atoms with Crippen LogP contribution in [0.3, 0.4) is 0 Å². The van der Waals surface area contributed by atoms with E-state index in [1.54, 1.807) is 11.3 Å². The van der Waals surface area contributed by atoms with E-state index in [4.69, 9.17) is 0 Å². The van der Waals surface area contributed by atoms with Crippen molar-refractivity contribution in [2.75, 3.05) is 0 Å².